The van der Waals surface area contributed by atoms with Crippen LogP contribution in [0.3, 0.4) is 0 Å². The maximum atomic E-state index is 12.8. The van der Waals surface area contributed by atoms with Crippen molar-refractivity contribution < 1.29 is 23.0 Å². The lowest BCUT2D eigenvalue weighted by atomic mass is 10.1. The summed E-state index contributed by atoms with van der Waals surface area (Å²) in [6.45, 7) is -2.53. The topological polar surface area (TPSA) is 62.6 Å². The van der Waals surface area contributed by atoms with Crippen molar-refractivity contribution in [2.45, 2.75) is 19.6 Å². The van der Waals surface area contributed by atoms with Crippen molar-refractivity contribution >= 4 is 34.2 Å². The largest absolute Gasteiger partial charge is 0.493 e. The van der Waals surface area contributed by atoms with E-state index in [0.29, 0.717) is 40.3 Å². The van der Waals surface area contributed by atoms with Crippen molar-refractivity contribution in [2.24, 2.45) is 0 Å². The van der Waals surface area contributed by atoms with Crippen molar-refractivity contribution in [3.05, 3.63) is 57.1 Å². The van der Waals surface area contributed by atoms with E-state index in [1.165, 1.54) is 14.2 Å². The summed E-state index contributed by atoms with van der Waals surface area (Å²) < 4.78 is 42.0. The van der Waals surface area contributed by atoms with Crippen LogP contribution in [-0.2, 0) is 6.54 Å². The molecule has 6 nitrogen and oxygen atoms in total. The highest BCUT2D eigenvalue weighted by Crippen LogP contribution is 2.41. The Bertz CT molecular complexity index is 1200. The van der Waals surface area contributed by atoms with Gasteiger partial charge in [-0.25, -0.2) is 4.98 Å². The van der Waals surface area contributed by atoms with Crippen LogP contribution < -0.4 is 19.8 Å². The fraction of sp³-hybridized carbons (Fsp3) is 0.238. The second-order valence-corrected chi connectivity index (χ2v) is 7.04. The summed E-state index contributed by atoms with van der Waals surface area (Å²) in [7, 11) is 2.71. The minimum absolute atomic E-state index is 0.107. The highest BCUT2D eigenvalue weighted by Gasteiger charge is 2.22. The van der Waals surface area contributed by atoms with Crippen molar-refractivity contribution in [1.82, 2.24) is 9.55 Å². The van der Waals surface area contributed by atoms with E-state index in [1.54, 1.807) is 34.9 Å². The van der Waals surface area contributed by atoms with Gasteiger partial charge in [-0.1, -0.05) is 11.6 Å². The average Bonchev–Trinajstić information content (AvgIpc) is 3.11. The molecule has 156 valence electrons. The third-order valence-electron chi connectivity index (χ3n) is 4.84. The molecular weight excluding hydrogens is 418 g/mol. The molecule has 1 aliphatic rings. The highest BCUT2D eigenvalue weighted by atomic mass is 35.5. The zero-order valence-electron chi connectivity index (χ0n) is 16.1. The molecule has 0 unspecified atom stereocenters. The molecule has 2 aromatic carbocycles. The predicted molar refractivity (Wildman–Crippen MR) is 110 cm³/mol. The summed E-state index contributed by atoms with van der Waals surface area (Å²) in [5, 5.41) is 0.994. The van der Waals surface area contributed by atoms with E-state index in [9.17, 15) is 13.6 Å². The van der Waals surface area contributed by atoms with E-state index < -0.39 is 6.61 Å². The van der Waals surface area contributed by atoms with Crippen molar-refractivity contribution in [3.8, 4) is 17.2 Å². The number of fused-ring (bicyclic) bond motifs is 2. The molecule has 0 saturated carbocycles. The van der Waals surface area contributed by atoms with Gasteiger partial charge in [-0.3, -0.25) is 9.36 Å². The average molecular weight is 435 g/mol. The van der Waals surface area contributed by atoms with Crippen LogP contribution in [0.15, 0.2) is 35.1 Å². The number of nitrogens with zero attached hydrogens (tertiary/aromatic N) is 2. The van der Waals surface area contributed by atoms with E-state index in [4.69, 9.17) is 21.1 Å². The molecule has 0 saturated heterocycles. The van der Waals surface area contributed by atoms with Gasteiger partial charge in [0.2, 0.25) is 5.75 Å². The molecule has 0 spiro atoms. The maximum Gasteiger partial charge on any atom is 0.387 e. The Hall–Kier alpha value is -3.13. The second-order valence-electron chi connectivity index (χ2n) is 6.61. The molecule has 2 heterocycles. The lowest BCUT2D eigenvalue weighted by Gasteiger charge is -2.15. The fourth-order valence-electron chi connectivity index (χ4n) is 3.52. The molecule has 30 heavy (non-hydrogen) atoms. The smallest absolute Gasteiger partial charge is 0.387 e. The first-order valence-corrected chi connectivity index (χ1v) is 9.41. The van der Waals surface area contributed by atoms with Crippen LogP contribution in [0.25, 0.3) is 22.6 Å². The van der Waals surface area contributed by atoms with Gasteiger partial charge in [0.25, 0.3) is 5.56 Å². The zero-order chi connectivity index (χ0) is 21.4. The second kappa shape index (κ2) is 7.95. The SMILES string of the molecule is COc1cc(/C=C2\CCn3c2nc2cc(Cl)ccc2c3=O)cc(OC)c1OC(F)F. The summed E-state index contributed by atoms with van der Waals surface area (Å²) >= 11 is 6.05. The van der Waals surface area contributed by atoms with Gasteiger partial charge in [0.05, 0.1) is 25.1 Å². The van der Waals surface area contributed by atoms with E-state index in [0.717, 1.165) is 5.57 Å². The number of allylic oxidation sites excluding steroid dienone is 1. The molecule has 3 aromatic rings. The molecule has 1 aromatic heterocycles. The van der Waals surface area contributed by atoms with Crippen molar-refractivity contribution in [1.29, 1.82) is 0 Å². The number of hydrogen-bond acceptors (Lipinski definition) is 5. The Balaban J connectivity index is 1.83. The molecular formula is C21H17ClF2N2O4. The molecule has 0 amide bonds. The Kier molecular flexibility index (Phi) is 5.34. The predicted octanol–water partition coefficient (Wildman–Crippen LogP) is 4.61. The number of hydrogen-bond donors (Lipinski definition) is 0. The number of methoxy groups -OCH3 is 2. The Morgan fingerprint density at radius 3 is 2.50 bits per heavy atom. The van der Waals surface area contributed by atoms with Crippen LogP contribution >= 0.6 is 11.6 Å². The van der Waals surface area contributed by atoms with Gasteiger partial charge >= 0.3 is 6.61 Å². The van der Waals surface area contributed by atoms with Gasteiger partial charge in [-0.15, -0.1) is 0 Å². The molecule has 0 aliphatic carbocycles. The van der Waals surface area contributed by atoms with Crippen molar-refractivity contribution in [3.63, 3.8) is 0 Å². The number of alkyl halides is 2. The third kappa shape index (κ3) is 3.59. The minimum Gasteiger partial charge on any atom is -0.493 e. The van der Waals surface area contributed by atoms with Crippen LogP contribution in [-0.4, -0.2) is 30.4 Å². The first-order chi connectivity index (χ1) is 14.4. The monoisotopic (exact) mass is 434 g/mol. The molecule has 0 N–H and O–H groups in total. The van der Waals surface area contributed by atoms with E-state index in [1.807, 2.05) is 6.08 Å². The van der Waals surface area contributed by atoms with Crippen LogP contribution in [0.1, 0.15) is 17.8 Å². The maximum absolute atomic E-state index is 12.8. The normalized spacial score (nSPS) is 14.4. The van der Waals surface area contributed by atoms with Crippen LogP contribution in [0.4, 0.5) is 8.78 Å². The standard InChI is InChI=1S/C21H17ClF2N2O4/c1-28-16-8-11(9-17(29-2)18(16)30-21(23)24)7-12-5-6-26-19(12)25-15-10-13(22)3-4-14(15)20(26)27/h3-4,7-10,21H,5-6H2,1-2H3/b12-7+. The minimum atomic E-state index is -3.02. The third-order valence-corrected chi connectivity index (χ3v) is 5.08. The number of ether oxygens (including phenoxy) is 3. The van der Waals surface area contributed by atoms with E-state index in [-0.39, 0.29) is 22.8 Å². The Morgan fingerprint density at radius 2 is 1.87 bits per heavy atom. The first kappa shape index (κ1) is 20.2. The van der Waals surface area contributed by atoms with Crippen LogP contribution in [0, 0.1) is 0 Å². The number of benzene rings is 2. The molecule has 0 radical (unpaired) electrons. The van der Waals surface area contributed by atoms with Crippen LogP contribution in [0.5, 0.6) is 17.2 Å². The van der Waals surface area contributed by atoms with E-state index >= 15 is 0 Å². The van der Waals surface area contributed by atoms with Gasteiger partial charge in [-0.2, -0.15) is 8.78 Å². The first-order valence-electron chi connectivity index (χ1n) is 9.03. The molecule has 9 heteroatoms. The summed E-state index contributed by atoms with van der Waals surface area (Å²) in [6.07, 6.45) is 2.41. The number of rotatable bonds is 5. The fourth-order valence-corrected chi connectivity index (χ4v) is 3.68. The summed E-state index contributed by atoms with van der Waals surface area (Å²) in [5.41, 5.74) is 1.84. The number of halogens is 3. The van der Waals surface area contributed by atoms with Gasteiger partial charge in [0.15, 0.2) is 11.5 Å². The molecule has 0 fully saturated rings. The van der Waals surface area contributed by atoms with Gasteiger partial charge in [-0.05, 0) is 54.0 Å². The summed E-state index contributed by atoms with van der Waals surface area (Å²) in [6, 6.07) is 8.10. The summed E-state index contributed by atoms with van der Waals surface area (Å²) in [4.78, 5) is 17.4. The molecule has 0 atom stereocenters. The Morgan fingerprint density at radius 1 is 1.17 bits per heavy atom. The quantitative estimate of drug-likeness (QED) is 0.586. The summed E-state index contributed by atoms with van der Waals surface area (Å²) in [5.74, 6) is 0.574. The van der Waals surface area contributed by atoms with Gasteiger partial charge in [0.1, 0.15) is 5.82 Å². The van der Waals surface area contributed by atoms with E-state index in [2.05, 4.69) is 9.72 Å². The molecule has 1 aliphatic heterocycles. The van der Waals surface area contributed by atoms with Crippen molar-refractivity contribution in [2.75, 3.05) is 14.2 Å². The van der Waals surface area contributed by atoms with Crippen LogP contribution in [0.2, 0.25) is 5.02 Å². The molecule has 0 bridgehead atoms. The lowest BCUT2D eigenvalue weighted by molar-refractivity contribution is -0.0526. The van der Waals surface area contributed by atoms with Gasteiger partial charge < -0.3 is 14.2 Å². The Labute approximate surface area is 175 Å². The molecule has 4 rings (SSSR count). The highest BCUT2D eigenvalue weighted by molar-refractivity contribution is 6.31. The number of aromatic nitrogens is 2. The lowest BCUT2D eigenvalue weighted by Crippen LogP contribution is -2.20. The zero-order valence-corrected chi connectivity index (χ0v) is 16.9. The van der Waals surface area contributed by atoms with Gasteiger partial charge in [0, 0.05) is 11.6 Å².